The van der Waals surface area contributed by atoms with Crippen LogP contribution in [0.2, 0.25) is 0 Å². The smallest absolute Gasteiger partial charge is 0.255 e. The van der Waals surface area contributed by atoms with Crippen LogP contribution in [0.4, 0.5) is 5.69 Å². The van der Waals surface area contributed by atoms with Crippen LogP contribution in [0.5, 0.6) is 0 Å². The van der Waals surface area contributed by atoms with E-state index in [1.54, 1.807) is 28.4 Å². The first-order chi connectivity index (χ1) is 12.7. The molecule has 0 spiro atoms. The summed E-state index contributed by atoms with van der Waals surface area (Å²) in [5.41, 5.74) is 2.27. The quantitative estimate of drug-likeness (QED) is 0.559. The van der Waals surface area contributed by atoms with Gasteiger partial charge in [-0.3, -0.25) is 4.79 Å². The van der Waals surface area contributed by atoms with E-state index in [0.717, 1.165) is 21.3 Å². The third kappa shape index (κ3) is 3.43. The van der Waals surface area contributed by atoms with E-state index in [2.05, 4.69) is 20.4 Å². The summed E-state index contributed by atoms with van der Waals surface area (Å²) >= 11 is 1.57. The molecular formula is C19H15N5OS. The Hall–Kier alpha value is -3.19. The first-order valence-corrected chi connectivity index (χ1v) is 8.82. The Balaban J connectivity index is 1.51. The molecule has 2 aromatic heterocycles. The van der Waals surface area contributed by atoms with Crippen LogP contribution in [0.3, 0.4) is 0 Å². The van der Waals surface area contributed by atoms with Crippen LogP contribution in [0, 0.1) is 6.92 Å². The number of nitrogens with one attached hydrogen (secondary N) is 1. The van der Waals surface area contributed by atoms with Gasteiger partial charge in [-0.15, -0.1) is 0 Å². The minimum absolute atomic E-state index is 0.125. The molecule has 0 unspecified atom stereocenters. The normalized spacial score (nSPS) is 10.8. The van der Waals surface area contributed by atoms with Gasteiger partial charge in [0.05, 0.1) is 0 Å². The summed E-state index contributed by atoms with van der Waals surface area (Å²) in [6.07, 6.45) is 1.49. The lowest BCUT2D eigenvalue weighted by Crippen LogP contribution is -2.11. The van der Waals surface area contributed by atoms with Gasteiger partial charge in [-0.05, 0) is 49.4 Å². The van der Waals surface area contributed by atoms with Gasteiger partial charge in [-0.2, -0.15) is 14.6 Å². The molecule has 0 aliphatic carbocycles. The molecule has 6 nitrogen and oxygen atoms in total. The number of hydrogen-bond donors (Lipinski definition) is 1. The second-order valence-corrected chi connectivity index (χ2v) is 6.75. The number of carbonyl (C=O) groups is 1. The van der Waals surface area contributed by atoms with Gasteiger partial charge < -0.3 is 5.32 Å². The first kappa shape index (κ1) is 16.3. The molecule has 0 radical (unpaired) electrons. The minimum Gasteiger partial charge on any atom is -0.322 e. The van der Waals surface area contributed by atoms with Crippen molar-refractivity contribution in [1.82, 2.24) is 19.6 Å². The van der Waals surface area contributed by atoms with Crippen molar-refractivity contribution in [2.45, 2.75) is 16.8 Å². The van der Waals surface area contributed by atoms with Crippen molar-refractivity contribution in [2.75, 3.05) is 5.32 Å². The lowest BCUT2D eigenvalue weighted by molar-refractivity contribution is 0.102. The Morgan fingerprint density at radius 1 is 1.08 bits per heavy atom. The van der Waals surface area contributed by atoms with Crippen molar-refractivity contribution < 1.29 is 4.79 Å². The van der Waals surface area contributed by atoms with E-state index in [0.29, 0.717) is 11.3 Å². The van der Waals surface area contributed by atoms with Gasteiger partial charge in [-0.1, -0.05) is 30.0 Å². The fourth-order valence-electron chi connectivity index (χ4n) is 2.49. The number of nitrogens with zero attached hydrogens (tertiary/aromatic N) is 4. The van der Waals surface area contributed by atoms with Crippen LogP contribution in [-0.4, -0.2) is 25.5 Å². The molecule has 1 N–H and O–H groups in total. The molecule has 7 heteroatoms. The van der Waals surface area contributed by atoms with Crippen molar-refractivity contribution in [3.05, 3.63) is 78.2 Å². The maximum absolute atomic E-state index is 12.2. The highest BCUT2D eigenvalue weighted by Gasteiger charge is 2.08. The third-order valence-corrected chi connectivity index (χ3v) is 4.73. The predicted molar refractivity (Wildman–Crippen MR) is 100 cm³/mol. The van der Waals surface area contributed by atoms with Gasteiger partial charge in [0.1, 0.15) is 11.4 Å². The second-order valence-electron chi connectivity index (χ2n) is 5.65. The summed E-state index contributed by atoms with van der Waals surface area (Å²) in [6.45, 7) is 1.93. The monoisotopic (exact) mass is 361 g/mol. The van der Waals surface area contributed by atoms with Crippen LogP contribution in [0.25, 0.3) is 5.78 Å². The average molecular weight is 361 g/mol. The summed E-state index contributed by atoms with van der Waals surface area (Å²) in [5, 5.41) is 8.05. The zero-order chi connectivity index (χ0) is 17.9. The molecular weight excluding hydrogens is 346 g/mol. The van der Waals surface area contributed by atoms with Crippen molar-refractivity contribution in [2.24, 2.45) is 0 Å². The average Bonchev–Trinajstić information content (AvgIpc) is 3.12. The van der Waals surface area contributed by atoms with E-state index in [4.69, 9.17) is 0 Å². The number of amides is 1. The number of fused-ring (bicyclic) bond motifs is 1. The lowest BCUT2D eigenvalue weighted by atomic mass is 10.2. The molecule has 0 saturated heterocycles. The summed E-state index contributed by atoms with van der Waals surface area (Å²) in [6, 6.07) is 18.8. The Bertz CT molecular complexity index is 1060. The predicted octanol–water partition coefficient (Wildman–Crippen LogP) is 3.84. The fraction of sp³-hybridized carbons (Fsp3) is 0.0526. The largest absolute Gasteiger partial charge is 0.322 e. The zero-order valence-electron chi connectivity index (χ0n) is 14.0. The number of carbonyl (C=O) groups excluding carboxylic acids is 1. The lowest BCUT2D eigenvalue weighted by Gasteiger charge is -2.08. The number of hydrogen-bond acceptors (Lipinski definition) is 5. The molecule has 2 heterocycles. The highest BCUT2D eigenvalue weighted by molar-refractivity contribution is 7.99. The summed E-state index contributed by atoms with van der Waals surface area (Å²) in [5.74, 6) is 0.458. The van der Waals surface area contributed by atoms with E-state index in [-0.39, 0.29) is 5.91 Å². The van der Waals surface area contributed by atoms with Gasteiger partial charge in [0.2, 0.25) is 0 Å². The van der Waals surface area contributed by atoms with Gasteiger partial charge in [-0.25, -0.2) is 4.98 Å². The molecule has 0 bridgehead atoms. The number of anilines is 1. The summed E-state index contributed by atoms with van der Waals surface area (Å²) in [4.78, 5) is 21.7. The molecule has 4 aromatic rings. The Kier molecular flexibility index (Phi) is 4.37. The highest BCUT2D eigenvalue weighted by Crippen LogP contribution is 2.28. The summed E-state index contributed by atoms with van der Waals surface area (Å²) < 4.78 is 1.71. The second kappa shape index (κ2) is 6.97. The Morgan fingerprint density at radius 2 is 1.85 bits per heavy atom. The maximum atomic E-state index is 12.2. The molecule has 4 rings (SSSR count). The van der Waals surface area contributed by atoms with Gasteiger partial charge in [0.25, 0.3) is 11.7 Å². The van der Waals surface area contributed by atoms with E-state index >= 15 is 0 Å². The van der Waals surface area contributed by atoms with Crippen LogP contribution in [0.15, 0.2) is 76.9 Å². The molecule has 1 amide bonds. The number of rotatable bonds is 4. The fourth-order valence-corrected chi connectivity index (χ4v) is 3.45. The van der Waals surface area contributed by atoms with E-state index in [1.807, 2.05) is 55.5 Å². The van der Waals surface area contributed by atoms with Crippen LogP contribution in [0.1, 0.15) is 16.1 Å². The van der Waals surface area contributed by atoms with Crippen molar-refractivity contribution in [3.63, 3.8) is 0 Å². The van der Waals surface area contributed by atoms with Crippen LogP contribution in [-0.2, 0) is 0 Å². The van der Waals surface area contributed by atoms with Crippen molar-refractivity contribution >= 4 is 29.1 Å². The van der Waals surface area contributed by atoms with Gasteiger partial charge in [0, 0.05) is 21.8 Å². The van der Waals surface area contributed by atoms with Crippen molar-refractivity contribution in [1.29, 1.82) is 0 Å². The third-order valence-electron chi connectivity index (χ3n) is 3.72. The molecule has 0 aliphatic rings. The van der Waals surface area contributed by atoms with Crippen LogP contribution < -0.4 is 5.32 Å². The Morgan fingerprint density at radius 3 is 2.62 bits per heavy atom. The van der Waals surface area contributed by atoms with Crippen molar-refractivity contribution in [3.8, 4) is 0 Å². The molecule has 128 valence electrons. The number of benzene rings is 2. The zero-order valence-corrected chi connectivity index (χ0v) is 14.8. The topological polar surface area (TPSA) is 72.2 Å². The van der Waals surface area contributed by atoms with E-state index in [1.165, 1.54) is 6.33 Å². The minimum atomic E-state index is -0.125. The van der Waals surface area contributed by atoms with Gasteiger partial charge >= 0.3 is 0 Å². The standard InChI is InChI=1S/C19H15N5OS/c1-13-11-17(24-19(22-13)20-12-21-24)26-16-9-7-15(8-10-16)23-18(25)14-5-3-2-4-6-14/h2-12H,1H3,(H,23,25). The number of aromatic nitrogens is 4. The molecule has 0 atom stereocenters. The van der Waals surface area contributed by atoms with E-state index < -0.39 is 0 Å². The molecule has 26 heavy (non-hydrogen) atoms. The van der Waals surface area contributed by atoms with Gasteiger partial charge in [0.15, 0.2) is 0 Å². The molecule has 0 saturated carbocycles. The molecule has 0 fully saturated rings. The molecule has 0 aliphatic heterocycles. The highest BCUT2D eigenvalue weighted by atomic mass is 32.2. The Labute approximate surface area is 154 Å². The number of aryl methyl sites for hydroxylation is 1. The maximum Gasteiger partial charge on any atom is 0.255 e. The SMILES string of the molecule is Cc1cc(Sc2ccc(NC(=O)c3ccccc3)cc2)n2ncnc2n1. The molecule has 2 aromatic carbocycles. The van der Waals surface area contributed by atoms with Crippen LogP contribution >= 0.6 is 11.8 Å². The summed E-state index contributed by atoms with van der Waals surface area (Å²) in [7, 11) is 0. The first-order valence-electron chi connectivity index (χ1n) is 8.01. The van der Waals surface area contributed by atoms with E-state index in [9.17, 15) is 4.79 Å².